The summed E-state index contributed by atoms with van der Waals surface area (Å²) in [6.07, 6.45) is 0.183. The number of nitrogens with one attached hydrogen (secondary N) is 2. The zero-order valence-electron chi connectivity index (χ0n) is 19.0. The van der Waals surface area contributed by atoms with Crippen molar-refractivity contribution in [1.82, 2.24) is 10.2 Å². The molecule has 180 valence electrons. The SMILES string of the molecule is O=C1CC(c2ccc(F)cc2)N(C(=O)Cc2cccs2)c2ccc(C(=O)N3CCNCC3)cc2N1. The number of amides is 3. The van der Waals surface area contributed by atoms with Gasteiger partial charge in [0.15, 0.2) is 0 Å². The van der Waals surface area contributed by atoms with E-state index >= 15 is 0 Å². The van der Waals surface area contributed by atoms with Gasteiger partial charge in [-0.15, -0.1) is 11.3 Å². The van der Waals surface area contributed by atoms with Crippen LogP contribution in [0.25, 0.3) is 0 Å². The van der Waals surface area contributed by atoms with E-state index in [1.54, 1.807) is 40.1 Å². The zero-order valence-corrected chi connectivity index (χ0v) is 19.8. The van der Waals surface area contributed by atoms with Gasteiger partial charge in [0.25, 0.3) is 5.91 Å². The summed E-state index contributed by atoms with van der Waals surface area (Å²) in [6.45, 7) is 2.69. The van der Waals surface area contributed by atoms with Gasteiger partial charge in [-0.05, 0) is 47.3 Å². The number of halogens is 1. The molecule has 2 aliphatic heterocycles. The maximum atomic E-state index is 13.6. The molecule has 0 aliphatic carbocycles. The van der Waals surface area contributed by atoms with Crippen molar-refractivity contribution < 1.29 is 18.8 Å². The molecule has 0 spiro atoms. The predicted octanol–water partition coefficient (Wildman–Crippen LogP) is 3.59. The Morgan fingerprint density at radius 3 is 2.54 bits per heavy atom. The molecule has 3 aromatic rings. The second-order valence-electron chi connectivity index (χ2n) is 8.61. The second kappa shape index (κ2) is 9.97. The van der Waals surface area contributed by atoms with E-state index in [2.05, 4.69) is 10.6 Å². The van der Waals surface area contributed by atoms with Gasteiger partial charge in [0.1, 0.15) is 5.82 Å². The molecule has 5 rings (SSSR count). The predicted molar refractivity (Wildman–Crippen MR) is 133 cm³/mol. The van der Waals surface area contributed by atoms with E-state index < -0.39 is 6.04 Å². The van der Waals surface area contributed by atoms with Gasteiger partial charge < -0.3 is 20.4 Å². The van der Waals surface area contributed by atoms with Crippen LogP contribution in [0, 0.1) is 5.82 Å². The van der Waals surface area contributed by atoms with Crippen LogP contribution in [0.3, 0.4) is 0 Å². The third kappa shape index (κ3) is 4.96. The lowest BCUT2D eigenvalue weighted by atomic mass is 10.00. The van der Waals surface area contributed by atoms with Crippen molar-refractivity contribution in [2.45, 2.75) is 18.9 Å². The van der Waals surface area contributed by atoms with E-state index in [9.17, 15) is 18.8 Å². The molecule has 0 bridgehead atoms. The third-order valence-corrected chi connectivity index (χ3v) is 7.18. The molecule has 1 fully saturated rings. The highest BCUT2D eigenvalue weighted by Gasteiger charge is 2.34. The molecule has 2 aromatic carbocycles. The molecule has 1 aromatic heterocycles. The van der Waals surface area contributed by atoms with Crippen LogP contribution < -0.4 is 15.5 Å². The maximum absolute atomic E-state index is 13.6. The fraction of sp³-hybridized carbons (Fsp3) is 0.269. The van der Waals surface area contributed by atoms with Gasteiger partial charge in [-0.1, -0.05) is 18.2 Å². The highest BCUT2D eigenvalue weighted by molar-refractivity contribution is 7.10. The van der Waals surface area contributed by atoms with Crippen LogP contribution in [0.1, 0.15) is 33.3 Å². The van der Waals surface area contributed by atoms with Crippen molar-refractivity contribution in [3.63, 3.8) is 0 Å². The van der Waals surface area contributed by atoms with Crippen LogP contribution >= 0.6 is 11.3 Å². The van der Waals surface area contributed by atoms with Crippen LogP contribution in [0.4, 0.5) is 15.8 Å². The minimum Gasteiger partial charge on any atom is -0.336 e. The Morgan fingerprint density at radius 2 is 1.83 bits per heavy atom. The Labute approximate surface area is 206 Å². The summed E-state index contributed by atoms with van der Waals surface area (Å²) in [7, 11) is 0. The van der Waals surface area contributed by atoms with Crippen LogP contribution in [0.2, 0.25) is 0 Å². The Kier molecular flexibility index (Phi) is 6.61. The summed E-state index contributed by atoms with van der Waals surface area (Å²) in [5.41, 5.74) is 2.05. The molecule has 7 nitrogen and oxygen atoms in total. The first-order valence-corrected chi connectivity index (χ1v) is 12.4. The molecular weight excluding hydrogens is 467 g/mol. The minimum absolute atomic E-state index is 0.0115. The van der Waals surface area contributed by atoms with Gasteiger partial charge in [0, 0.05) is 36.6 Å². The minimum atomic E-state index is -0.612. The summed E-state index contributed by atoms with van der Waals surface area (Å²) in [5, 5.41) is 8.03. The smallest absolute Gasteiger partial charge is 0.254 e. The average molecular weight is 493 g/mol. The Balaban J connectivity index is 1.55. The largest absolute Gasteiger partial charge is 0.336 e. The van der Waals surface area contributed by atoms with Crippen molar-refractivity contribution in [1.29, 1.82) is 0 Å². The number of hydrogen-bond donors (Lipinski definition) is 2. The summed E-state index contributed by atoms with van der Waals surface area (Å²) in [6, 6.07) is 14.1. The Morgan fingerprint density at radius 1 is 1.06 bits per heavy atom. The normalized spacial score (nSPS) is 18.0. The number of benzene rings is 2. The van der Waals surface area contributed by atoms with E-state index in [-0.39, 0.29) is 36.4 Å². The van der Waals surface area contributed by atoms with E-state index in [0.29, 0.717) is 35.6 Å². The van der Waals surface area contributed by atoms with E-state index in [0.717, 1.165) is 18.0 Å². The highest BCUT2D eigenvalue weighted by Crippen LogP contribution is 2.39. The molecule has 2 aliphatic rings. The molecular formula is C26H25FN4O3S. The first-order chi connectivity index (χ1) is 17.0. The molecule has 1 unspecified atom stereocenters. The first kappa shape index (κ1) is 23.2. The number of carbonyl (C=O) groups excluding carboxylic acids is 3. The molecule has 3 heterocycles. The van der Waals surface area contributed by atoms with Crippen LogP contribution in [0.5, 0.6) is 0 Å². The Bertz CT molecular complexity index is 1240. The van der Waals surface area contributed by atoms with E-state index in [1.165, 1.54) is 23.5 Å². The fourth-order valence-electron chi connectivity index (χ4n) is 4.57. The van der Waals surface area contributed by atoms with Crippen molar-refractivity contribution >= 4 is 40.4 Å². The fourth-order valence-corrected chi connectivity index (χ4v) is 5.27. The molecule has 9 heteroatoms. The maximum Gasteiger partial charge on any atom is 0.254 e. The Hall–Kier alpha value is -3.56. The number of piperazine rings is 1. The average Bonchev–Trinajstić information content (AvgIpc) is 3.32. The highest BCUT2D eigenvalue weighted by atomic mass is 32.1. The number of nitrogens with zero attached hydrogens (tertiary/aromatic N) is 2. The lowest BCUT2D eigenvalue weighted by Gasteiger charge is -2.31. The van der Waals surface area contributed by atoms with Crippen LogP contribution in [-0.2, 0) is 16.0 Å². The molecule has 2 N–H and O–H groups in total. The topological polar surface area (TPSA) is 81.8 Å². The molecule has 1 saturated heterocycles. The number of rotatable bonds is 4. The van der Waals surface area contributed by atoms with Crippen molar-refractivity contribution in [3.8, 4) is 0 Å². The first-order valence-electron chi connectivity index (χ1n) is 11.5. The molecule has 0 saturated carbocycles. The summed E-state index contributed by atoms with van der Waals surface area (Å²) < 4.78 is 13.6. The molecule has 1 atom stereocenters. The molecule has 0 radical (unpaired) electrons. The quantitative estimate of drug-likeness (QED) is 0.583. The van der Waals surface area contributed by atoms with Crippen molar-refractivity contribution in [3.05, 3.63) is 81.8 Å². The van der Waals surface area contributed by atoms with Crippen LogP contribution in [0.15, 0.2) is 60.0 Å². The lowest BCUT2D eigenvalue weighted by molar-refractivity contribution is -0.119. The van der Waals surface area contributed by atoms with Gasteiger partial charge in [0.2, 0.25) is 11.8 Å². The van der Waals surface area contributed by atoms with E-state index in [1.807, 2.05) is 17.5 Å². The van der Waals surface area contributed by atoms with Gasteiger partial charge >= 0.3 is 0 Å². The number of thiophene rings is 1. The third-order valence-electron chi connectivity index (χ3n) is 6.30. The van der Waals surface area contributed by atoms with Gasteiger partial charge in [-0.2, -0.15) is 0 Å². The molecule has 35 heavy (non-hydrogen) atoms. The van der Waals surface area contributed by atoms with Gasteiger partial charge in [0.05, 0.1) is 30.3 Å². The van der Waals surface area contributed by atoms with Gasteiger partial charge in [-0.25, -0.2) is 4.39 Å². The monoisotopic (exact) mass is 492 g/mol. The van der Waals surface area contributed by atoms with E-state index in [4.69, 9.17) is 0 Å². The second-order valence-corrected chi connectivity index (χ2v) is 9.65. The number of carbonyl (C=O) groups is 3. The van der Waals surface area contributed by atoms with Crippen molar-refractivity contribution in [2.24, 2.45) is 0 Å². The van der Waals surface area contributed by atoms with Crippen molar-refractivity contribution in [2.75, 3.05) is 36.4 Å². The van der Waals surface area contributed by atoms with Crippen LogP contribution in [-0.4, -0.2) is 48.8 Å². The number of anilines is 2. The zero-order chi connectivity index (χ0) is 24.4. The summed E-state index contributed by atoms with van der Waals surface area (Å²) in [4.78, 5) is 43.9. The van der Waals surface area contributed by atoms with Gasteiger partial charge in [-0.3, -0.25) is 14.4 Å². The molecule has 3 amide bonds. The number of hydrogen-bond acceptors (Lipinski definition) is 5. The summed E-state index contributed by atoms with van der Waals surface area (Å²) >= 11 is 1.49. The summed E-state index contributed by atoms with van der Waals surface area (Å²) in [5.74, 6) is -0.960. The number of fused-ring (bicyclic) bond motifs is 1. The lowest BCUT2D eigenvalue weighted by Crippen LogP contribution is -2.46. The standard InChI is InChI=1S/C26H25FN4O3S/c27-19-6-3-17(4-7-19)23-16-24(32)29-21-14-18(26(34)30-11-9-28-10-12-30)5-8-22(21)31(23)25(33)15-20-2-1-13-35-20/h1-8,13-14,23,28H,9-12,15-16H2,(H,29,32).